The first-order chi connectivity index (χ1) is 8.84. The Labute approximate surface area is 114 Å². The first-order valence-corrected chi connectivity index (χ1v) is 5.79. The number of benzene rings is 1. The molecule has 0 spiro atoms. The SMILES string of the molecule is Nc1cc(Br)nc(Oc2cccc(C(F)(F)F)c2)n1. The van der Waals surface area contributed by atoms with Crippen molar-refractivity contribution in [1.82, 2.24) is 9.97 Å². The number of nitrogens with two attached hydrogens (primary N) is 1. The minimum absolute atomic E-state index is 0.0210. The summed E-state index contributed by atoms with van der Waals surface area (Å²) < 4.78 is 43.1. The van der Waals surface area contributed by atoms with Crippen LogP contribution in [-0.4, -0.2) is 9.97 Å². The zero-order chi connectivity index (χ0) is 14.0. The molecule has 2 aromatic rings. The Morgan fingerprint density at radius 3 is 2.53 bits per heavy atom. The molecule has 1 aromatic carbocycles. The summed E-state index contributed by atoms with van der Waals surface area (Å²) in [7, 11) is 0. The highest BCUT2D eigenvalue weighted by Gasteiger charge is 2.30. The van der Waals surface area contributed by atoms with Crippen molar-refractivity contribution in [2.24, 2.45) is 0 Å². The maximum absolute atomic E-state index is 12.5. The van der Waals surface area contributed by atoms with Crippen LogP contribution in [0.3, 0.4) is 0 Å². The van der Waals surface area contributed by atoms with Gasteiger partial charge in [0.25, 0.3) is 0 Å². The lowest BCUT2D eigenvalue weighted by atomic mass is 10.2. The smallest absolute Gasteiger partial charge is 0.416 e. The number of halogens is 4. The van der Waals surface area contributed by atoms with Gasteiger partial charge in [0.2, 0.25) is 0 Å². The van der Waals surface area contributed by atoms with Crippen molar-refractivity contribution < 1.29 is 17.9 Å². The van der Waals surface area contributed by atoms with Crippen molar-refractivity contribution in [3.05, 3.63) is 40.5 Å². The van der Waals surface area contributed by atoms with Crippen LogP contribution in [0.5, 0.6) is 11.8 Å². The number of hydrogen-bond donors (Lipinski definition) is 1. The molecule has 0 radical (unpaired) electrons. The van der Waals surface area contributed by atoms with Crippen molar-refractivity contribution in [3.63, 3.8) is 0 Å². The second kappa shape index (κ2) is 5.04. The summed E-state index contributed by atoms with van der Waals surface area (Å²) in [5, 5.41) is 0. The minimum Gasteiger partial charge on any atom is -0.424 e. The molecular weight excluding hydrogens is 327 g/mol. The topological polar surface area (TPSA) is 61.0 Å². The van der Waals surface area contributed by atoms with Gasteiger partial charge in [0.1, 0.15) is 16.2 Å². The van der Waals surface area contributed by atoms with Crippen LogP contribution in [0.4, 0.5) is 19.0 Å². The van der Waals surface area contributed by atoms with Gasteiger partial charge in [0, 0.05) is 6.07 Å². The first-order valence-electron chi connectivity index (χ1n) is 5.00. The molecule has 1 heterocycles. The van der Waals surface area contributed by atoms with Crippen LogP contribution in [0.2, 0.25) is 0 Å². The van der Waals surface area contributed by atoms with Gasteiger partial charge >= 0.3 is 12.2 Å². The summed E-state index contributed by atoms with van der Waals surface area (Å²) >= 11 is 3.08. The maximum atomic E-state index is 12.5. The number of ether oxygens (including phenoxy) is 1. The second-order valence-corrected chi connectivity index (χ2v) is 4.34. The normalized spacial score (nSPS) is 11.4. The van der Waals surface area contributed by atoms with E-state index in [9.17, 15) is 13.2 Å². The third kappa shape index (κ3) is 3.57. The lowest BCUT2D eigenvalue weighted by molar-refractivity contribution is -0.137. The lowest BCUT2D eigenvalue weighted by Crippen LogP contribution is -2.05. The number of anilines is 1. The molecule has 2 N–H and O–H groups in total. The molecule has 0 bridgehead atoms. The number of nitrogen functional groups attached to an aromatic ring is 1. The van der Waals surface area contributed by atoms with Gasteiger partial charge in [-0.25, -0.2) is 0 Å². The van der Waals surface area contributed by atoms with E-state index in [0.29, 0.717) is 4.60 Å². The molecule has 100 valence electrons. The zero-order valence-corrected chi connectivity index (χ0v) is 10.9. The van der Waals surface area contributed by atoms with Gasteiger partial charge in [0.05, 0.1) is 5.56 Å². The Balaban J connectivity index is 2.28. The Bertz CT molecular complexity index is 584. The highest BCUT2D eigenvalue weighted by molar-refractivity contribution is 9.10. The van der Waals surface area contributed by atoms with Gasteiger partial charge in [-0.1, -0.05) is 6.07 Å². The molecular formula is C11H7BrF3N3O. The molecule has 0 saturated heterocycles. The summed E-state index contributed by atoms with van der Waals surface area (Å²) in [6.45, 7) is 0. The van der Waals surface area contributed by atoms with Crippen molar-refractivity contribution in [2.75, 3.05) is 5.73 Å². The van der Waals surface area contributed by atoms with Crippen molar-refractivity contribution in [1.29, 1.82) is 0 Å². The van der Waals surface area contributed by atoms with E-state index in [4.69, 9.17) is 10.5 Å². The van der Waals surface area contributed by atoms with E-state index in [0.717, 1.165) is 12.1 Å². The Morgan fingerprint density at radius 1 is 1.16 bits per heavy atom. The van der Waals surface area contributed by atoms with Crippen LogP contribution in [0.25, 0.3) is 0 Å². The fourth-order valence-electron chi connectivity index (χ4n) is 1.30. The molecule has 19 heavy (non-hydrogen) atoms. The Kier molecular flexibility index (Phi) is 3.61. The molecule has 0 fully saturated rings. The third-order valence-electron chi connectivity index (χ3n) is 2.06. The summed E-state index contributed by atoms with van der Waals surface area (Å²) in [6, 6.07) is 5.73. The van der Waals surface area contributed by atoms with E-state index in [-0.39, 0.29) is 17.6 Å². The predicted octanol–water partition coefficient (Wildman–Crippen LogP) is 3.63. The Morgan fingerprint density at radius 2 is 1.89 bits per heavy atom. The molecule has 0 unspecified atom stereocenters. The van der Waals surface area contributed by atoms with Crippen LogP contribution in [0, 0.1) is 0 Å². The van der Waals surface area contributed by atoms with Crippen LogP contribution < -0.4 is 10.5 Å². The molecule has 0 aliphatic rings. The van der Waals surface area contributed by atoms with Gasteiger partial charge in [0.15, 0.2) is 0 Å². The monoisotopic (exact) mass is 333 g/mol. The standard InChI is InChI=1S/C11H7BrF3N3O/c12-8-5-9(16)18-10(17-8)19-7-3-1-2-6(4-7)11(13,14)15/h1-5H,(H2,16,17,18). The highest BCUT2D eigenvalue weighted by Crippen LogP contribution is 2.32. The third-order valence-corrected chi connectivity index (χ3v) is 2.47. The van der Waals surface area contributed by atoms with Crippen LogP contribution in [0.15, 0.2) is 34.9 Å². The molecule has 0 aliphatic carbocycles. The van der Waals surface area contributed by atoms with Gasteiger partial charge in [-0.3, -0.25) is 0 Å². The van der Waals surface area contributed by atoms with Crippen molar-refractivity contribution >= 4 is 21.7 Å². The molecule has 1 aromatic heterocycles. The van der Waals surface area contributed by atoms with Gasteiger partial charge in [-0.15, -0.1) is 0 Å². The summed E-state index contributed by atoms with van der Waals surface area (Å²) in [5.74, 6) is 0.121. The van der Waals surface area contributed by atoms with E-state index < -0.39 is 11.7 Å². The molecule has 4 nitrogen and oxygen atoms in total. The lowest BCUT2D eigenvalue weighted by Gasteiger charge is -2.09. The van der Waals surface area contributed by atoms with E-state index in [1.807, 2.05) is 0 Å². The minimum atomic E-state index is -4.43. The number of nitrogens with zero attached hydrogens (tertiary/aromatic N) is 2. The molecule has 0 aliphatic heterocycles. The number of rotatable bonds is 2. The largest absolute Gasteiger partial charge is 0.424 e. The fourth-order valence-corrected chi connectivity index (χ4v) is 1.69. The van der Waals surface area contributed by atoms with Crippen LogP contribution in [0.1, 0.15) is 5.56 Å². The number of aromatic nitrogens is 2. The Hall–Kier alpha value is -1.83. The van der Waals surface area contributed by atoms with Gasteiger partial charge in [-0.2, -0.15) is 23.1 Å². The van der Waals surface area contributed by atoms with Crippen LogP contribution >= 0.6 is 15.9 Å². The molecule has 0 amide bonds. The molecule has 2 rings (SSSR count). The number of alkyl halides is 3. The highest BCUT2D eigenvalue weighted by atomic mass is 79.9. The van der Waals surface area contributed by atoms with Crippen molar-refractivity contribution in [3.8, 4) is 11.8 Å². The number of hydrogen-bond acceptors (Lipinski definition) is 4. The predicted molar refractivity (Wildman–Crippen MR) is 65.7 cm³/mol. The molecule has 8 heteroatoms. The zero-order valence-electron chi connectivity index (χ0n) is 9.28. The second-order valence-electron chi connectivity index (χ2n) is 3.53. The van der Waals surface area contributed by atoms with E-state index in [1.165, 1.54) is 18.2 Å². The van der Waals surface area contributed by atoms with E-state index in [2.05, 4.69) is 25.9 Å². The summed E-state index contributed by atoms with van der Waals surface area (Å²) in [4.78, 5) is 7.60. The van der Waals surface area contributed by atoms with Crippen LogP contribution in [-0.2, 0) is 6.18 Å². The van der Waals surface area contributed by atoms with Gasteiger partial charge < -0.3 is 10.5 Å². The molecule has 0 atom stereocenters. The average molecular weight is 334 g/mol. The van der Waals surface area contributed by atoms with Gasteiger partial charge in [-0.05, 0) is 34.1 Å². The van der Waals surface area contributed by atoms with E-state index in [1.54, 1.807) is 0 Å². The summed E-state index contributed by atoms with van der Waals surface area (Å²) in [5.41, 5.74) is 4.66. The maximum Gasteiger partial charge on any atom is 0.416 e. The fraction of sp³-hybridized carbons (Fsp3) is 0.0909. The summed E-state index contributed by atoms with van der Waals surface area (Å²) in [6.07, 6.45) is -4.43. The quantitative estimate of drug-likeness (QED) is 0.852. The molecule has 0 saturated carbocycles. The average Bonchev–Trinajstić information content (AvgIpc) is 2.26. The van der Waals surface area contributed by atoms with Crippen molar-refractivity contribution in [2.45, 2.75) is 6.18 Å². The first kappa shape index (κ1) is 13.6. The van der Waals surface area contributed by atoms with E-state index >= 15 is 0 Å².